The molecule has 33 heavy (non-hydrogen) atoms. The fraction of sp³-hybridized carbons (Fsp3) is 0.357. The molecule has 4 nitrogen and oxygen atoms in total. The number of nitrogens with zero attached hydrogens (tertiary/aromatic N) is 4. The van der Waals surface area contributed by atoms with Gasteiger partial charge in [-0.2, -0.15) is 5.10 Å². The highest BCUT2D eigenvalue weighted by Crippen LogP contribution is 2.41. The topological polar surface area (TPSA) is 34.0 Å². The third-order valence-electron chi connectivity index (χ3n) is 7.14. The number of pyridine rings is 1. The van der Waals surface area contributed by atoms with E-state index in [2.05, 4.69) is 53.4 Å². The molecule has 170 valence electrons. The zero-order chi connectivity index (χ0) is 22.7. The largest absolute Gasteiger partial charge is 0.303 e. The fourth-order valence-electron chi connectivity index (χ4n) is 5.22. The van der Waals surface area contributed by atoms with Crippen LogP contribution in [0.15, 0.2) is 79.0 Å². The van der Waals surface area contributed by atoms with Crippen molar-refractivity contribution in [3.63, 3.8) is 0 Å². The lowest BCUT2D eigenvalue weighted by Crippen LogP contribution is -2.45. The Hall–Kier alpha value is -3.05. The van der Waals surface area contributed by atoms with Gasteiger partial charge in [0.2, 0.25) is 0 Å². The molecule has 5 heteroatoms. The van der Waals surface area contributed by atoms with Crippen LogP contribution in [0.1, 0.15) is 41.9 Å². The number of aryl methyl sites for hydroxylation is 1. The zero-order valence-corrected chi connectivity index (χ0v) is 19.2. The normalized spacial score (nSPS) is 20.5. The molecule has 0 saturated carbocycles. The van der Waals surface area contributed by atoms with Gasteiger partial charge in [0.1, 0.15) is 6.17 Å². The Bertz CT molecular complexity index is 1130. The van der Waals surface area contributed by atoms with E-state index in [1.54, 1.807) is 6.08 Å². The number of halogens is 1. The molecule has 3 aromatic rings. The molecule has 0 bridgehead atoms. The molecule has 1 aliphatic heterocycles. The molecule has 0 amide bonds. The molecule has 0 N–H and O–H groups in total. The van der Waals surface area contributed by atoms with Gasteiger partial charge in [-0.1, -0.05) is 48.6 Å². The maximum Gasteiger partial charge on any atom is 0.122 e. The first-order valence-electron chi connectivity index (χ1n) is 11.9. The van der Waals surface area contributed by atoms with Crippen LogP contribution in [-0.2, 0) is 18.9 Å². The minimum Gasteiger partial charge on any atom is -0.303 e. The van der Waals surface area contributed by atoms with Crippen molar-refractivity contribution in [1.29, 1.82) is 0 Å². The summed E-state index contributed by atoms with van der Waals surface area (Å²) < 4.78 is 15.6. The van der Waals surface area contributed by atoms with Gasteiger partial charge in [0, 0.05) is 26.2 Å². The van der Waals surface area contributed by atoms with Gasteiger partial charge in [0.15, 0.2) is 0 Å². The Kier molecular flexibility index (Phi) is 6.23. The van der Waals surface area contributed by atoms with Gasteiger partial charge in [-0.15, -0.1) is 0 Å². The first-order chi connectivity index (χ1) is 16.1. The predicted molar refractivity (Wildman–Crippen MR) is 131 cm³/mol. The Morgan fingerprint density at radius 2 is 1.85 bits per heavy atom. The Labute approximate surface area is 195 Å². The summed E-state index contributed by atoms with van der Waals surface area (Å²) in [6, 6.07) is 19.1. The van der Waals surface area contributed by atoms with Crippen LogP contribution in [0.5, 0.6) is 0 Å². The molecule has 3 heterocycles. The van der Waals surface area contributed by atoms with Gasteiger partial charge < -0.3 is 4.90 Å². The van der Waals surface area contributed by atoms with E-state index in [9.17, 15) is 4.39 Å². The van der Waals surface area contributed by atoms with Gasteiger partial charge in [0.05, 0.1) is 22.5 Å². The van der Waals surface area contributed by atoms with Crippen LogP contribution in [0.3, 0.4) is 0 Å². The molecule has 0 radical (unpaired) electrons. The summed E-state index contributed by atoms with van der Waals surface area (Å²) in [7, 11) is 2.02. The highest BCUT2D eigenvalue weighted by atomic mass is 19.1. The lowest BCUT2D eigenvalue weighted by Gasteiger charge is -2.41. The van der Waals surface area contributed by atoms with Crippen molar-refractivity contribution < 1.29 is 4.39 Å². The lowest BCUT2D eigenvalue weighted by atomic mass is 9.72. The van der Waals surface area contributed by atoms with E-state index in [4.69, 9.17) is 10.1 Å². The summed E-state index contributed by atoms with van der Waals surface area (Å²) in [5, 5.41) is 4.83. The number of hydrogen-bond donors (Lipinski definition) is 0. The number of alkyl halides is 1. The van der Waals surface area contributed by atoms with Gasteiger partial charge in [-0.3, -0.25) is 9.67 Å². The third kappa shape index (κ3) is 4.55. The van der Waals surface area contributed by atoms with Crippen molar-refractivity contribution in [3.05, 3.63) is 102 Å². The summed E-state index contributed by atoms with van der Waals surface area (Å²) in [6.45, 7) is 3.12. The molecule has 2 aromatic heterocycles. The van der Waals surface area contributed by atoms with Gasteiger partial charge in [-0.25, -0.2) is 4.39 Å². The quantitative estimate of drug-likeness (QED) is 0.531. The predicted octanol–water partition coefficient (Wildman–Crippen LogP) is 5.12. The van der Waals surface area contributed by atoms with Crippen LogP contribution < -0.4 is 0 Å². The molecule has 1 saturated heterocycles. The highest BCUT2D eigenvalue weighted by Gasteiger charge is 2.41. The summed E-state index contributed by atoms with van der Waals surface area (Å²) in [5.74, 6) is 0. The average Bonchev–Trinajstić information content (AvgIpc) is 3.27. The Morgan fingerprint density at radius 1 is 1.06 bits per heavy atom. The minimum absolute atomic E-state index is 0.175. The monoisotopic (exact) mass is 442 g/mol. The molecule has 1 atom stereocenters. The van der Waals surface area contributed by atoms with E-state index >= 15 is 0 Å². The molecule has 1 aliphatic carbocycles. The number of likely N-dealkylation sites (tertiary alicyclic amines) is 1. The summed E-state index contributed by atoms with van der Waals surface area (Å²) in [4.78, 5) is 7.37. The van der Waals surface area contributed by atoms with Crippen molar-refractivity contribution in [3.8, 4) is 0 Å². The number of benzene rings is 1. The van der Waals surface area contributed by atoms with E-state index in [1.165, 1.54) is 11.3 Å². The van der Waals surface area contributed by atoms with Crippen molar-refractivity contribution in [1.82, 2.24) is 19.7 Å². The van der Waals surface area contributed by atoms with Crippen LogP contribution in [0.2, 0.25) is 0 Å². The number of aromatic nitrogens is 3. The number of piperidine rings is 1. The van der Waals surface area contributed by atoms with Crippen molar-refractivity contribution in [2.24, 2.45) is 7.05 Å². The van der Waals surface area contributed by atoms with E-state index in [-0.39, 0.29) is 5.41 Å². The first kappa shape index (κ1) is 21.8. The molecule has 1 unspecified atom stereocenters. The maximum absolute atomic E-state index is 13.6. The second-order valence-corrected chi connectivity index (χ2v) is 9.18. The van der Waals surface area contributed by atoms with E-state index in [0.29, 0.717) is 6.42 Å². The van der Waals surface area contributed by atoms with Crippen molar-refractivity contribution in [2.45, 2.75) is 37.3 Å². The van der Waals surface area contributed by atoms with E-state index < -0.39 is 6.17 Å². The van der Waals surface area contributed by atoms with E-state index in [1.807, 2.05) is 36.1 Å². The van der Waals surface area contributed by atoms with E-state index in [0.717, 1.165) is 55.9 Å². The standard InChI is InChI=1S/C28H31FN4/c1-32-27(21-25(31-32)23-10-12-24(29)13-11-23)28(26-9-5-6-17-30-26)15-19-33(20-16-28)18-14-22-7-3-2-4-8-22/h2-12,17,21,24H,13-16,18-20H2,1H3. The number of rotatable bonds is 6. The molecule has 5 rings (SSSR count). The molecule has 0 spiro atoms. The van der Waals surface area contributed by atoms with Crippen molar-refractivity contribution >= 4 is 5.57 Å². The number of hydrogen-bond acceptors (Lipinski definition) is 3. The third-order valence-corrected chi connectivity index (χ3v) is 7.14. The highest BCUT2D eigenvalue weighted by molar-refractivity contribution is 5.73. The summed E-state index contributed by atoms with van der Waals surface area (Å²) in [6.07, 6.45) is 9.93. The van der Waals surface area contributed by atoms with Crippen molar-refractivity contribution in [2.75, 3.05) is 19.6 Å². The summed E-state index contributed by atoms with van der Waals surface area (Å²) >= 11 is 0. The fourth-order valence-corrected chi connectivity index (χ4v) is 5.22. The number of allylic oxidation sites excluding steroid dienone is 4. The van der Waals surface area contributed by atoms with Gasteiger partial charge in [-0.05, 0) is 67.8 Å². The van der Waals surface area contributed by atoms with Crippen LogP contribution in [0.4, 0.5) is 4.39 Å². The van der Waals surface area contributed by atoms with Crippen LogP contribution in [0, 0.1) is 0 Å². The van der Waals surface area contributed by atoms with Gasteiger partial charge >= 0.3 is 0 Å². The summed E-state index contributed by atoms with van der Waals surface area (Å²) in [5.41, 5.74) is 5.43. The molecule has 1 fully saturated rings. The Morgan fingerprint density at radius 3 is 2.55 bits per heavy atom. The minimum atomic E-state index is -0.892. The smallest absolute Gasteiger partial charge is 0.122 e. The molecular weight excluding hydrogens is 411 g/mol. The second-order valence-electron chi connectivity index (χ2n) is 9.18. The van der Waals surface area contributed by atoms with Crippen LogP contribution in [-0.4, -0.2) is 45.5 Å². The van der Waals surface area contributed by atoms with Crippen LogP contribution >= 0.6 is 0 Å². The SMILES string of the molecule is Cn1nc(C2=CCC(F)C=C2)cc1C1(c2ccccn2)CCN(CCc2ccccc2)CC1. The molecule has 2 aliphatic rings. The van der Waals surface area contributed by atoms with Crippen LogP contribution in [0.25, 0.3) is 5.57 Å². The Balaban J connectivity index is 1.39. The maximum atomic E-state index is 13.6. The first-order valence-corrected chi connectivity index (χ1v) is 11.9. The molecule has 1 aromatic carbocycles. The average molecular weight is 443 g/mol. The molecular formula is C28H31FN4. The lowest BCUT2D eigenvalue weighted by molar-refractivity contribution is 0.174. The zero-order valence-electron chi connectivity index (χ0n) is 19.2. The van der Waals surface area contributed by atoms with Gasteiger partial charge in [0.25, 0.3) is 0 Å². The second kappa shape index (κ2) is 9.44.